The van der Waals surface area contributed by atoms with Gasteiger partial charge in [-0.1, -0.05) is 0 Å². The highest BCUT2D eigenvalue weighted by Crippen LogP contribution is 2.19. The van der Waals surface area contributed by atoms with Gasteiger partial charge < -0.3 is 10.2 Å². The summed E-state index contributed by atoms with van der Waals surface area (Å²) in [4.78, 5) is 16.8. The third-order valence-electron chi connectivity index (χ3n) is 2.08. The summed E-state index contributed by atoms with van der Waals surface area (Å²) >= 11 is 3.13. The van der Waals surface area contributed by atoms with Crippen LogP contribution < -0.4 is 10.2 Å². The molecule has 16 heavy (non-hydrogen) atoms. The molecule has 0 bridgehead atoms. The molecule has 6 heteroatoms. The number of halogens is 2. The van der Waals surface area contributed by atoms with E-state index in [1.54, 1.807) is 11.9 Å². The molecule has 1 heterocycles. The van der Waals surface area contributed by atoms with Crippen LogP contribution in [-0.4, -0.2) is 31.0 Å². The van der Waals surface area contributed by atoms with Crippen molar-refractivity contribution >= 4 is 27.7 Å². The van der Waals surface area contributed by atoms with E-state index in [0.717, 1.165) is 0 Å². The molecule has 0 fully saturated rings. The molecule has 0 aliphatic carbocycles. The lowest BCUT2D eigenvalue weighted by Gasteiger charge is -2.21. The number of carbonyl (C=O) groups is 1. The highest BCUT2D eigenvalue weighted by molar-refractivity contribution is 9.10. The van der Waals surface area contributed by atoms with E-state index >= 15 is 0 Å². The molecule has 0 aliphatic heterocycles. The smallest absolute Gasteiger partial charge is 0.239 e. The second-order valence-electron chi connectivity index (χ2n) is 3.15. The lowest BCUT2D eigenvalue weighted by Crippen LogP contribution is -2.36. The molecule has 0 saturated heterocycles. The molecule has 0 aromatic carbocycles. The van der Waals surface area contributed by atoms with Gasteiger partial charge >= 0.3 is 0 Å². The number of amides is 1. The zero-order valence-electron chi connectivity index (χ0n) is 9.13. The maximum Gasteiger partial charge on any atom is 0.239 e. The van der Waals surface area contributed by atoms with Crippen LogP contribution in [0.3, 0.4) is 0 Å². The third-order valence-corrected chi connectivity index (χ3v) is 2.52. The molecule has 0 unspecified atom stereocenters. The van der Waals surface area contributed by atoms with Crippen LogP contribution in [0.5, 0.6) is 0 Å². The SMILES string of the molecule is CCN(CC(=O)NC)c1ncc(Br)cc1F. The molecule has 88 valence electrons. The molecular weight excluding hydrogens is 277 g/mol. The summed E-state index contributed by atoms with van der Waals surface area (Å²) in [6, 6.07) is 1.33. The first-order chi connectivity index (χ1) is 7.58. The Kier molecular flexibility index (Phi) is 4.67. The van der Waals surface area contributed by atoms with Crippen molar-refractivity contribution in [2.24, 2.45) is 0 Å². The molecule has 0 atom stereocenters. The Balaban J connectivity index is 2.90. The van der Waals surface area contributed by atoms with Crippen LogP contribution in [0.25, 0.3) is 0 Å². The van der Waals surface area contributed by atoms with E-state index in [-0.39, 0.29) is 18.3 Å². The maximum absolute atomic E-state index is 13.6. The Bertz CT molecular complexity index is 386. The Morgan fingerprint density at radius 2 is 2.38 bits per heavy atom. The molecule has 1 aromatic heterocycles. The second-order valence-corrected chi connectivity index (χ2v) is 4.06. The van der Waals surface area contributed by atoms with Crippen LogP contribution in [0.15, 0.2) is 16.7 Å². The van der Waals surface area contributed by atoms with E-state index in [9.17, 15) is 9.18 Å². The summed E-state index contributed by atoms with van der Waals surface area (Å²) in [6.07, 6.45) is 1.50. The fourth-order valence-corrected chi connectivity index (χ4v) is 1.53. The van der Waals surface area contributed by atoms with E-state index in [1.807, 2.05) is 6.92 Å². The molecule has 1 amide bonds. The van der Waals surface area contributed by atoms with Gasteiger partial charge in [-0.2, -0.15) is 0 Å². The van der Waals surface area contributed by atoms with Gasteiger partial charge in [0.2, 0.25) is 5.91 Å². The summed E-state index contributed by atoms with van der Waals surface area (Å²) in [5, 5.41) is 2.49. The Labute approximate surface area is 102 Å². The molecule has 1 aromatic rings. The van der Waals surface area contributed by atoms with Crippen molar-refractivity contribution in [2.45, 2.75) is 6.92 Å². The van der Waals surface area contributed by atoms with Gasteiger partial charge in [0.25, 0.3) is 0 Å². The molecule has 4 nitrogen and oxygen atoms in total. The van der Waals surface area contributed by atoms with Crippen LogP contribution in [0, 0.1) is 5.82 Å². The standard InChI is InChI=1S/C10H13BrFN3O/c1-3-15(6-9(16)13-2)10-8(12)4-7(11)5-14-10/h4-5H,3,6H2,1-2H3,(H,13,16). The molecule has 0 spiro atoms. The van der Waals surface area contributed by atoms with E-state index in [4.69, 9.17) is 0 Å². The van der Waals surface area contributed by atoms with E-state index in [1.165, 1.54) is 12.3 Å². The lowest BCUT2D eigenvalue weighted by atomic mass is 10.4. The van der Waals surface area contributed by atoms with Gasteiger partial charge in [-0.05, 0) is 28.9 Å². The first-order valence-electron chi connectivity index (χ1n) is 4.85. The van der Waals surface area contributed by atoms with E-state index in [0.29, 0.717) is 11.0 Å². The Morgan fingerprint density at radius 1 is 1.69 bits per heavy atom. The predicted molar refractivity (Wildman–Crippen MR) is 63.8 cm³/mol. The van der Waals surface area contributed by atoms with Crippen molar-refractivity contribution in [3.8, 4) is 0 Å². The monoisotopic (exact) mass is 289 g/mol. The third kappa shape index (κ3) is 3.16. The maximum atomic E-state index is 13.6. The van der Waals surface area contributed by atoms with E-state index < -0.39 is 5.82 Å². The van der Waals surface area contributed by atoms with Crippen molar-refractivity contribution in [2.75, 3.05) is 25.0 Å². The number of hydrogen-bond donors (Lipinski definition) is 1. The number of pyridine rings is 1. The van der Waals surface area contributed by atoms with Gasteiger partial charge in [-0.25, -0.2) is 9.37 Å². The number of likely N-dealkylation sites (N-methyl/N-ethyl adjacent to an activating group) is 2. The number of nitrogens with zero attached hydrogens (tertiary/aromatic N) is 2. The number of hydrogen-bond acceptors (Lipinski definition) is 3. The van der Waals surface area contributed by atoms with Crippen LogP contribution in [-0.2, 0) is 4.79 Å². The average Bonchev–Trinajstić information content (AvgIpc) is 2.26. The van der Waals surface area contributed by atoms with Crippen molar-refractivity contribution < 1.29 is 9.18 Å². The summed E-state index contributed by atoms with van der Waals surface area (Å²) in [5.74, 6) is -0.430. The number of carbonyl (C=O) groups excluding carboxylic acids is 1. The number of rotatable bonds is 4. The van der Waals surface area contributed by atoms with Crippen LogP contribution in [0.2, 0.25) is 0 Å². The molecule has 0 saturated carbocycles. The minimum absolute atomic E-state index is 0.0958. The van der Waals surface area contributed by atoms with Crippen molar-refractivity contribution in [1.29, 1.82) is 0 Å². The summed E-state index contributed by atoms with van der Waals surface area (Å²) < 4.78 is 14.1. The number of anilines is 1. The fraction of sp³-hybridized carbons (Fsp3) is 0.400. The van der Waals surface area contributed by atoms with Gasteiger partial charge in [0, 0.05) is 24.3 Å². The molecule has 1 rings (SSSR count). The summed E-state index contributed by atoms with van der Waals surface area (Å²) in [5.41, 5.74) is 0. The van der Waals surface area contributed by atoms with Gasteiger partial charge in [0.1, 0.15) is 0 Å². The lowest BCUT2D eigenvalue weighted by molar-refractivity contribution is -0.119. The fourth-order valence-electron chi connectivity index (χ4n) is 1.23. The largest absolute Gasteiger partial charge is 0.358 e. The summed E-state index contributed by atoms with van der Waals surface area (Å²) in [6.45, 7) is 2.45. The second kappa shape index (κ2) is 5.79. The highest BCUT2D eigenvalue weighted by atomic mass is 79.9. The van der Waals surface area contributed by atoms with Gasteiger partial charge in [-0.15, -0.1) is 0 Å². The molecule has 0 aliphatic rings. The molecule has 0 radical (unpaired) electrons. The zero-order chi connectivity index (χ0) is 12.1. The minimum atomic E-state index is -0.444. The van der Waals surface area contributed by atoms with Crippen molar-refractivity contribution in [3.05, 3.63) is 22.6 Å². The predicted octanol–water partition coefficient (Wildman–Crippen LogP) is 1.56. The first kappa shape index (κ1) is 12.9. The average molecular weight is 290 g/mol. The quantitative estimate of drug-likeness (QED) is 0.915. The van der Waals surface area contributed by atoms with Gasteiger partial charge in [0.05, 0.1) is 6.54 Å². The number of aromatic nitrogens is 1. The summed E-state index contributed by atoms with van der Waals surface area (Å²) in [7, 11) is 1.54. The van der Waals surface area contributed by atoms with Crippen LogP contribution >= 0.6 is 15.9 Å². The van der Waals surface area contributed by atoms with Gasteiger partial charge in [0.15, 0.2) is 11.6 Å². The Hall–Kier alpha value is -1.17. The highest BCUT2D eigenvalue weighted by Gasteiger charge is 2.14. The number of nitrogens with one attached hydrogen (secondary N) is 1. The van der Waals surface area contributed by atoms with Crippen molar-refractivity contribution in [3.63, 3.8) is 0 Å². The normalized spacial score (nSPS) is 10.0. The van der Waals surface area contributed by atoms with Crippen LogP contribution in [0.4, 0.5) is 10.2 Å². The minimum Gasteiger partial charge on any atom is -0.358 e. The van der Waals surface area contributed by atoms with E-state index in [2.05, 4.69) is 26.2 Å². The van der Waals surface area contributed by atoms with Gasteiger partial charge in [-0.3, -0.25) is 4.79 Å². The Morgan fingerprint density at radius 3 is 2.88 bits per heavy atom. The first-order valence-corrected chi connectivity index (χ1v) is 5.64. The topological polar surface area (TPSA) is 45.2 Å². The molecule has 1 N–H and O–H groups in total. The molecular formula is C10H13BrFN3O. The van der Waals surface area contributed by atoms with Crippen LogP contribution in [0.1, 0.15) is 6.92 Å². The zero-order valence-corrected chi connectivity index (χ0v) is 10.7. The van der Waals surface area contributed by atoms with Crippen molar-refractivity contribution in [1.82, 2.24) is 10.3 Å².